The molecule has 0 fully saturated rings. The summed E-state index contributed by atoms with van der Waals surface area (Å²) in [5.74, 6) is 2.05. The molecule has 0 heterocycles. The van der Waals surface area contributed by atoms with Gasteiger partial charge in [-0.3, -0.25) is 0 Å². The van der Waals surface area contributed by atoms with Crippen molar-refractivity contribution in [3.63, 3.8) is 0 Å². The van der Waals surface area contributed by atoms with Gasteiger partial charge in [-0.1, -0.05) is 48.8 Å². The third kappa shape index (κ3) is 2.97. The number of ether oxygens (including phenoxy) is 1. The van der Waals surface area contributed by atoms with Gasteiger partial charge in [-0.15, -0.1) is 0 Å². The summed E-state index contributed by atoms with van der Waals surface area (Å²) in [6, 6.07) is 6.48. The number of halogens is 1. The van der Waals surface area contributed by atoms with Crippen LogP contribution in [0.15, 0.2) is 18.2 Å². The van der Waals surface area contributed by atoms with E-state index in [1.54, 1.807) is 7.11 Å². The second kappa shape index (κ2) is 5.55. The maximum atomic E-state index is 5.36. The highest BCUT2D eigenvalue weighted by Gasteiger charge is 2.11. The Morgan fingerprint density at radius 3 is 2.40 bits per heavy atom. The number of hydrogen-bond donors (Lipinski definition) is 0. The number of methoxy groups -OCH3 is 1. The van der Waals surface area contributed by atoms with Crippen LogP contribution in [0.3, 0.4) is 0 Å². The summed E-state index contributed by atoms with van der Waals surface area (Å²) in [4.78, 5) is 0. The van der Waals surface area contributed by atoms with E-state index in [0.29, 0.717) is 11.8 Å². The zero-order chi connectivity index (χ0) is 11.4. The topological polar surface area (TPSA) is 9.23 Å². The van der Waals surface area contributed by atoms with E-state index in [1.165, 1.54) is 11.1 Å². The average molecular weight is 271 g/mol. The molecule has 0 aliphatic carbocycles. The molecule has 1 rings (SSSR count). The van der Waals surface area contributed by atoms with Gasteiger partial charge in [0, 0.05) is 5.33 Å². The van der Waals surface area contributed by atoms with Gasteiger partial charge in [0.1, 0.15) is 5.75 Å². The van der Waals surface area contributed by atoms with Crippen molar-refractivity contribution < 1.29 is 4.74 Å². The van der Waals surface area contributed by atoms with Crippen molar-refractivity contribution >= 4 is 15.9 Å². The summed E-state index contributed by atoms with van der Waals surface area (Å²) in [6.07, 6.45) is 0. The van der Waals surface area contributed by atoms with E-state index in [4.69, 9.17) is 4.74 Å². The van der Waals surface area contributed by atoms with E-state index in [0.717, 1.165) is 11.1 Å². The Morgan fingerprint density at radius 1 is 1.27 bits per heavy atom. The summed E-state index contributed by atoms with van der Waals surface area (Å²) in [6.45, 7) is 6.61. The van der Waals surface area contributed by atoms with Crippen LogP contribution in [-0.4, -0.2) is 12.4 Å². The number of alkyl halides is 1. The number of benzene rings is 1. The van der Waals surface area contributed by atoms with Crippen molar-refractivity contribution in [2.45, 2.75) is 32.6 Å². The Balaban J connectivity index is 3.10. The molecule has 0 saturated heterocycles. The highest BCUT2D eigenvalue weighted by atomic mass is 79.9. The normalized spacial score (nSPS) is 12.9. The molecule has 84 valence electrons. The minimum absolute atomic E-state index is 0.502. The van der Waals surface area contributed by atoms with Crippen molar-refractivity contribution in [3.8, 4) is 5.75 Å². The first-order chi connectivity index (χ1) is 7.10. The minimum atomic E-state index is 0.502. The largest absolute Gasteiger partial charge is 0.496 e. The summed E-state index contributed by atoms with van der Waals surface area (Å²) in [5, 5.41) is 0.997. The molecule has 0 aliphatic rings. The molecule has 0 N–H and O–H groups in total. The van der Waals surface area contributed by atoms with Gasteiger partial charge in [0.15, 0.2) is 0 Å². The molecule has 0 spiro atoms. The molecular formula is C13H19BrO. The van der Waals surface area contributed by atoms with Gasteiger partial charge in [0.2, 0.25) is 0 Å². The minimum Gasteiger partial charge on any atom is -0.496 e. The van der Waals surface area contributed by atoms with Crippen molar-refractivity contribution in [2.24, 2.45) is 0 Å². The Kier molecular flexibility index (Phi) is 4.65. The SMILES string of the molecule is COc1ccc(C(C)CBr)cc1C(C)C. The van der Waals surface area contributed by atoms with Crippen LogP contribution in [-0.2, 0) is 0 Å². The predicted octanol–water partition coefficient (Wildman–Crippen LogP) is 4.32. The fourth-order valence-corrected chi connectivity index (χ4v) is 1.97. The molecule has 2 heteroatoms. The summed E-state index contributed by atoms with van der Waals surface area (Å²) < 4.78 is 5.36. The molecule has 0 bridgehead atoms. The summed E-state index contributed by atoms with van der Waals surface area (Å²) in [5.41, 5.74) is 2.67. The maximum Gasteiger partial charge on any atom is 0.122 e. The van der Waals surface area contributed by atoms with Crippen LogP contribution < -0.4 is 4.74 Å². The smallest absolute Gasteiger partial charge is 0.122 e. The van der Waals surface area contributed by atoms with E-state index in [9.17, 15) is 0 Å². The first kappa shape index (κ1) is 12.6. The van der Waals surface area contributed by atoms with Crippen LogP contribution in [0, 0.1) is 0 Å². The standard InChI is InChI=1S/C13H19BrO/c1-9(2)12-7-11(10(3)8-14)5-6-13(12)15-4/h5-7,9-10H,8H2,1-4H3. The quantitative estimate of drug-likeness (QED) is 0.741. The van der Waals surface area contributed by atoms with Crippen LogP contribution in [0.5, 0.6) is 5.75 Å². The lowest BCUT2D eigenvalue weighted by Crippen LogP contribution is -1.99. The van der Waals surface area contributed by atoms with Crippen LogP contribution in [0.1, 0.15) is 43.7 Å². The molecule has 1 atom stereocenters. The van der Waals surface area contributed by atoms with Gasteiger partial charge < -0.3 is 4.74 Å². The molecule has 15 heavy (non-hydrogen) atoms. The fourth-order valence-electron chi connectivity index (χ4n) is 1.60. The molecule has 1 unspecified atom stereocenters. The Morgan fingerprint density at radius 2 is 1.93 bits per heavy atom. The monoisotopic (exact) mass is 270 g/mol. The van der Waals surface area contributed by atoms with E-state index >= 15 is 0 Å². The summed E-state index contributed by atoms with van der Waals surface area (Å²) >= 11 is 3.52. The molecule has 1 nitrogen and oxygen atoms in total. The van der Waals surface area contributed by atoms with Crippen molar-refractivity contribution in [2.75, 3.05) is 12.4 Å². The van der Waals surface area contributed by atoms with Gasteiger partial charge in [-0.25, -0.2) is 0 Å². The van der Waals surface area contributed by atoms with Crippen molar-refractivity contribution in [1.82, 2.24) is 0 Å². The van der Waals surface area contributed by atoms with Gasteiger partial charge in [-0.2, -0.15) is 0 Å². The number of rotatable bonds is 4. The van der Waals surface area contributed by atoms with Crippen LogP contribution >= 0.6 is 15.9 Å². The second-order valence-corrected chi connectivity index (χ2v) is 4.86. The third-order valence-corrected chi connectivity index (χ3v) is 3.65. The molecule has 1 aromatic rings. The van der Waals surface area contributed by atoms with E-state index in [-0.39, 0.29) is 0 Å². The van der Waals surface area contributed by atoms with Gasteiger partial charge in [0.25, 0.3) is 0 Å². The van der Waals surface area contributed by atoms with Crippen LogP contribution in [0.25, 0.3) is 0 Å². The molecule has 1 aromatic carbocycles. The molecule has 0 amide bonds. The molecule has 0 saturated carbocycles. The van der Waals surface area contributed by atoms with E-state index in [1.807, 2.05) is 0 Å². The highest BCUT2D eigenvalue weighted by molar-refractivity contribution is 9.09. The molecule has 0 aliphatic heterocycles. The Labute approximate surface area is 101 Å². The second-order valence-electron chi connectivity index (χ2n) is 4.21. The van der Waals surface area contributed by atoms with Gasteiger partial charge >= 0.3 is 0 Å². The zero-order valence-electron chi connectivity index (χ0n) is 9.88. The van der Waals surface area contributed by atoms with Crippen LogP contribution in [0.4, 0.5) is 0 Å². The molecule has 0 radical (unpaired) electrons. The highest BCUT2D eigenvalue weighted by Crippen LogP contribution is 2.30. The lowest BCUT2D eigenvalue weighted by molar-refractivity contribution is 0.407. The Hall–Kier alpha value is -0.500. The average Bonchev–Trinajstić information content (AvgIpc) is 2.27. The van der Waals surface area contributed by atoms with Gasteiger partial charge in [-0.05, 0) is 29.0 Å². The van der Waals surface area contributed by atoms with Crippen molar-refractivity contribution in [3.05, 3.63) is 29.3 Å². The van der Waals surface area contributed by atoms with Crippen molar-refractivity contribution in [1.29, 1.82) is 0 Å². The lowest BCUT2D eigenvalue weighted by atomic mass is 9.95. The summed E-state index contributed by atoms with van der Waals surface area (Å²) in [7, 11) is 1.73. The number of hydrogen-bond acceptors (Lipinski definition) is 1. The first-order valence-electron chi connectivity index (χ1n) is 5.34. The van der Waals surface area contributed by atoms with Gasteiger partial charge in [0.05, 0.1) is 7.11 Å². The Bertz CT molecular complexity index is 320. The first-order valence-corrected chi connectivity index (χ1v) is 6.46. The predicted molar refractivity (Wildman–Crippen MR) is 69.3 cm³/mol. The lowest BCUT2D eigenvalue weighted by Gasteiger charge is -2.15. The van der Waals surface area contributed by atoms with E-state index in [2.05, 4.69) is 54.9 Å². The maximum absolute atomic E-state index is 5.36. The molecule has 0 aromatic heterocycles. The van der Waals surface area contributed by atoms with E-state index < -0.39 is 0 Å². The van der Waals surface area contributed by atoms with Crippen LogP contribution in [0.2, 0.25) is 0 Å². The fraction of sp³-hybridized carbons (Fsp3) is 0.538. The molecular weight excluding hydrogens is 252 g/mol. The zero-order valence-corrected chi connectivity index (χ0v) is 11.5. The third-order valence-electron chi connectivity index (χ3n) is 2.68.